The zero-order chi connectivity index (χ0) is 11.8. The summed E-state index contributed by atoms with van der Waals surface area (Å²) in [5.74, 6) is 0.229. The molecule has 0 saturated heterocycles. The molecular weight excluding hydrogens is 212 g/mol. The summed E-state index contributed by atoms with van der Waals surface area (Å²) in [5.41, 5.74) is 2.20. The van der Waals surface area contributed by atoms with Gasteiger partial charge in [0.1, 0.15) is 5.75 Å². The molecule has 2 aromatic carbocycles. The van der Waals surface area contributed by atoms with Gasteiger partial charge in [0.2, 0.25) is 0 Å². The van der Waals surface area contributed by atoms with Gasteiger partial charge < -0.3 is 5.11 Å². The van der Waals surface area contributed by atoms with Crippen LogP contribution in [-0.4, -0.2) is 10.1 Å². The first-order valence-corrected chi connectivity index (χ1v) is 5.20. The van der Waals surface area contributed by atoms with Crippen molar-refractivity contribution in [3.8, 4) is 11.8 Å². The third-order valence-corrected chi connectivity index (χ3v) is 2.72. The van der Waals surface area contributed by atoms with E-state index in [1.54, 1.807) is 30.3 Å². The number of nitrogens with zero attached hydrogens (tertiary/aromatic N) is 2. The van der Waals surface area contributed by atoms with E-state index in [9.17, 15) is 5.11 Å². The molecule has 3 heteroatoms. The maximum atomic E-state index is 9.41. The quantitative estimate of drug-likeness (QED) is 0.592. The van der Waals surface area contributed by atoms with Gasteiger partial charge in [-0.15, -0.1) is 0 Å². The Kier molecular flexibility index (Phi) is 1.96. The minimum absolute atomic E-state index is 0.229. The van der Waals surface area contributed by atoms with Crippen LogP contribution in [0.3, 0.4) is 0 Å². The molecule has 80 valence electrons. The predicted molar refractivity (Wildman–Crippen MR) is 65.6 cm³/mol. The van der Waals surface area contributed by atoms with Crippen molar-refractivity contribution in [1.29, 1.82) is 5.26 Å². The molecule has 0 aliphatic carbocycles. The van der Waals surface area contributed by atoms with E-state index < -0.39 is 0 Å². The Labute approximate surface area is 97.6 Å². The van der Waals surface area contributed by atoms with E-state index in [2.05, 4.69) is 11.1 Å². The number of pyridine rings is 1. The molecule has 3 rings (SSSR count). The molecular formula is C14H8N2O. The van der Waals surface area contributed by atoms with Gasteiger partial charge in [-0.1, -0.05) is 6.07 Å². The highest BCUT2D eigenvalue weighted by molar-refractivity contribution is 5.93. The zero-order valence-electron chi connectivity index (χ0n) is 8.88. The fourth-order valence-electron chi connectivity index (χ4n) is 1.89. The van der Waals surface area contributed by atoms with Crippen LogP contribution in [0.4, 0.5) is 0 Å². The minimum Gasteiger partial charge on any atom is -0.508 e. The lowest BCUT2D eigenvalue weighted by molar-refractivity contribution is 0.476. The van der Waals surface area contributed by atoms with Crippen molar-refractivity contribution < 1.29 is 5.11 Å². The first kappa shape index (κ1) is 9.61. The Morgan fingerprint density at radius 3 is 2.65 bits per heavy atom. The van der Waals surface area contributed by atoms with Crippen molar-refractivity contribution in [2.24, 2.45) is 0 Å². The fraction of sp³-hybridized carbons (Fsp3) is 0. The zero-order valence-corrected chi connectivity index (χ0v) is 8.88. The number of fused-ring (bicyclic) bond motifs is 2. The molecule has 0 fully saturated rings. The van der Waals surface area contributed by atoms with Crippen LogP contribution in [0.15, 0.2) is 42.5 Å². The van der Waals surface area contributed by atoms with Crippen LogP contribution in [-0.2, 0) is 0 Å². The Hall–Kier alpha value is -2.60. The Bertz CT molecular complexity index is 772. The lowest BCUT2D eigenvalue weighted by Crippen LogP contribution is -1.83. The smallest absolute Gasteiger partial charge is 0.116 e. The van der Waals surface area contributed by atoms with E-state index in [-0.39, 0.29) is 5.75 Å². The van der Waals surface area contributed by atoms with E-state index in [1.807, 2.05) is 12.1 Å². The van der Waals surface area contributed by atoms with Crippen LogP contribution in [0.25, 0.3) is 21.8 Å². The van der Waals surface area contributed by atoms with Gasteiger partial charge >= 0.3 is 0 Å². The number of rotatable bonds is 0. The van der Waals surface area contributed by atoms with Crippen molar-refractivity contribution in [1.82, 2.24) is 4.98 Å². The molecule has 0 atom stereocenters. The van der Waals surface area contributed by atoms with Crippen LogP contribution in [0.5, 0.6) is 5.75 Å². The molecule has 1 aromatic heterocycles. The number of phenols is 1. The Morgan fingerprint density at radius 2 is 1.82 bits per heavy atom. The number of hydrogen-bond donors (Lipinski definition) is 1. The van der Waals surface area contributed by atoms with Gasteiger partial charge in [0, 0.05) is 10.8 Å². The maximum Gasteiger partial charge on any atom is 0.116 e. The standard InChI is InChI=1S/C14H8N2O/c15-8-9-1-2-10-6-11-7-12(17)3-4-13(11)16-14(10)5-9/h1-7,17H. The number of nitriles is 1. The fourth-order valence-corrected chi connectivity index (χ4v) is 1.89. The summed E-state index contributed by atoms with van der Waals surface area (Å²) in [5, 5.41) is 20.1. The molecule has 0 spiro atoms. The van der Waals surface area contributed by atoms with Gasteiger partial charge in [0.15, 0.2) is 0 Å². The van der Waals surface area contributed by atoms with Crippen molar-refractivity contribution in [3.05, 3.63) is 48.0 Å². The van der Waals surface area contributed by atoms with Crippen LogP contribution < -0.4 is 0 Å². The second kappa shape index (κ2) is 3.46. The largest absolute Gasteiger partial charge is 0.508 e. The second-order valence-corrected chi connectivity index (χ2v) is 3.88. The monoisotopic (exact) mass is 220 g/mol. The second-order valence-electron chi connectivity index (χ2n) is 3.88. The molecule has 3 aromatic rings. The van der Waals surface area contributed by atoms with E-state index in [4.69, 9.17) is 5.26 Å². The predicted octanol–water partition coefficient (Wildman–Crippen LogP) is 2.97. The molecule has 0 bridgehead atoms. The molecule has 1 heterocycles. The lowest BCUT2D eigenvalue weighted by atomic mass is 10.1. The highest BCUT2D eigenvalue weighted by Gasteiger charge is 2.01. The van der Waals surface area contributed by atoms with Crippen molar-refractivity contribution in [2.75, 3.05) is 0 Å². The summed E-state index contributed by atoms with van der Waals surface area (Å²) in [4.78, 5) is 4.47. The van der Waals surface area contributed by atoms with Crippen molar-refractivity contribution in [2.45, 2.75) is 0 Å². The van der Waals surface area contributed by atoms with E-state index >= 15 is 0 Å². The number of aromatic hydroxyl groups is 1. The van der Waals surface area contributed by atoms with Gasteiger partial charge in [-0.3, -0.25) is 0 Å². The van der Waals surface area contributed by atoms with Crippen molar-refractivity contribution in [3.63, 3.8) is 0 Å². The molecule has 1 N–H and O–H groups in total. The molecule has 17 heavy (non-hydrogen) atoms. The van der Waals surface area contributed by atoms with E-state index in [1.165, 1.54) is 0 Å². The number of aromatic nitrogens is 1. The molecule has 0 saturated carbocycles. The third-order valence-electron chi connectivity index (χ3n) is 2.72. The molecule has 0 radical (unpaired) electrons. The van der Waals surface area contributed by atoms with Gasteiger partial charge in [-0.25, -0.2) is 4.98 Å². The first-order chi connectivity index (χ1) is 8.26. The highest BCUT2D eigenvalue weighted by Crippen LogP contribution is 2.23. The highest BCUT2D eigenvalue weighted by atomic mass is 16.3. The molecule has 0 aliphatic heterocycles. The van der Waals surface area contributed by atoms with Gasteiger partial charge in [-0.2, -0.15) is 5.26 Å². The normalized spacial score (nSPS) is 10.5. The summed E-state index contributed by atoms with van der Waals surface area (Å²) in [7, 11) is 0. The van der Waals surface area contributed by atoms with Crippen LogP contribution in [0.2, 0.25) is 0 Å². The summed E-state index contributed by atoms with van der Waals surface area (Å²) < 4.78 is 0. The number of phenolic OH excluding ortho intramolecular Hbond substituents is 1. The van der Waals surface area contributed by atoms with E-state index in [0.29, 0.717) is 5.56 Å². The first-order valence-electron chi connectivity index (χ1n) is 5.20. The SMILES string of the molecule is N#Cc1ccc2cc3cc(O)ccc3nc2c1. The number of hydrogen-bond acceptors (Lipinski definition) is 3. The van der Waals surface area contributed by atoms with Gasteiger partial charge in [0.05, 0.1) is 22.7 Å². The van der Waals surface area contributed by atoms with Gasteiger partial charge in [-0.05, 0) is 36.4 Å². The summed E-state index contributed by atoms with van der Waals surface area (Å²) >= 11 is 0. The molecule has 0 amide bonds. The topological polar surface area (TPSA) is 56.9 Å². The number of benzene rings is 2. The van der Waals surface area contributed by atoms with Crippen LogP contribution >= 0.6 is 0 Å². The van der Waals surface area contributed by atoms with Gasteiger partial charge in [0.25, 0.3) is 0 Å². The summed E-state index contributed by atoms with van der Waals surface area (Å²) in [6, 6.07) is 14.5. The summed E-state index contributed by atoms with van der Waals surface area (Å²) in [6.45, 7) is 0. The summed E-state index contributed by atoms with van der Waals surface area (Å²) in [6.07, 6.45) is 0. The van der Waals surface area contributed by atoms with Crippen LogP contribution in [0.1, 0.15) is 5.56 Å². The maximum absolute atomic E-state index is 9.41. The molecule has 3 nitrogen and oxygen atoms in total. The average molecular weight is 220 g/mol. The lowest BCUT2D eigenvalue weighted by Gasteiger charge is -2.02. The average Bonchev–Trinajstić information content (AvgIpc) is 2.35. The molecule has 0 unspecified atom stereocenters. The van der Waals surface area contributed by atoms with E-state index in [0.717, 1.165) is 21.8 Å². The molecule has 0 aliphatic rings. The minimum atomic E-state index is 0.229. The Morgan fingerprint density at radius 1 is 0.941 bits per heavy atom. The Balaban J connectivity index is 2.40. The third kappa shape index (κ3) is 1.56. The van der Waals surface area contributed by atoms with Crippen LogP contribution in [0, 0.1) is 11.3 Å². The van der Waals surface area contributed by atoms with Crippen molar-refractivity contribution >= 4 is 21.8 Å².